The highest BCUT2D eigenvalue weighted by Gasteiger charge is 2.18. The Morgan fingerprint density at radius 1 is 1.33 bits per heavy atom. The molecular formula is C14H24N2O3S2. The van der Waals surface area contributed by atoms with Crippen LogP contribution < -0.4 is 10.5 Å². The van der Waals surface area contributed by atoms with Gasteiger partial charge < -0.3 is 10.8 Å². The summed E-state index contributed by atoms with van der Waals surface area (Å²) in [7, 11) is -3.39. The highest BCUT2D eigenvalue weighted by Crippen LogP contribution is 2.24. The molecule has 1 aromatic carbocycles. The predicted octanol–water partition coefficient (Wildman–Crippen LogP) is 1.69. The summed E-state index contributed by atoms with van der Waals surface area (Å²) < 4.78 is 26.5. The quantitative estimate of drug-likeness (QED) is 0.473. The van der Waals surface area contributed by atoms with Crippen molar-refractivity contribution in [3.8, 4) is 0 Å². The van der Waals surface area contributed by atoms with E-state index in [1.807, 2.05) is 32.0 Å². The van der Waals surface area contributed by atoms with Crippen molar-refractivity contribution in [1.82, 2.24) is 4.72 Å². The normalized spacial score (nSPS) is 13.5. The number of hydrogen-bond donors (Lipinski definition) is 3. The molecule has 21 heavy (non-hydrogen) atoms. The standard InChI is InChI=1S/C14H24N2O3S2/c1-11(2)9-12(10-17)16-21(18,19)8-7-20-14-6-4-3-5-13(14)15/h3-6,11-12,16-17H,7-10,15H2,1-2H3. The molecule has 1 rings (SSSR count). The Labute approximate surface area is 131 Å². The zero-order valence-electron chi connectivity index (χ0n) is 12.5. The Balaban J connectivity index is 2.47. The van der Waals surface area contributed by atoms with Crippen LogP contribution in [0.2, 0.25) is 0 Å². The van der Waals surface area contributed by atoms with Gasteiger partial charge in [-0.25, -0.2) is 13.1 Å². The van der Waals surface area contributed by atoms with Gasteiger partial charge in [0.25, 0.3) is 0 Å². The lowest BCUT2D eigenvalue weighted by atomic mass is 10.1. The average molecular weight is 332 g/mol. The van der Waals surface area contributed by atoms with Gasteiger partial charge in [0.15, 0.2) is 0 Å². The van der Waals surface area contributed by atoms with Gasteiger partial charge in [-0.2, -0.15) is 0 Å². The fourth-order valence-electron chi connectivity index (χ4n) is 1.92. The highest BCUT2D eigenvalue weighted by molar-refractivity contribution is 8.00. The summed E-state index contributed by atoms with van der Waals surface area (Å²) in [5.74, 6) is 0.743. The number of aliphatic hydroxyl groups excluding tert-OH is 1. The van der Waals surface area contributed by atoms with E-state index in [-0.39, 0.29) is 12.4 Å². The van der Waals surface area contributed by atoms with Crippen LogP contribution in [0.1, 0.15) is 20.3 Å². The van der Waals surface area contributed by atoms with Gasteiger partial charge in [0.1, 0.15) is 0 Å². The number of sulfonamides is 1. The number of benzene rings is 1. The molecule has 0 aliphatic rings. The summed E-state index contributed by atoms with van der Waals surface area (Å²) >= 11 is 1.42. The fraction of sp³-hybridized carbons (Fsp3) is 0.571. The van der Waals surface area contributed by atoms with Crippen molar-refractivity contribution >= 4 is 27.5 Å². The van der Waals surface area contributed by atoms with Crippen LogP contribution in [0.3, 0.4) is 0 Å². The number of thioether (sulfide) groups is 1. The van der Waals surface area contributed by atoms with Gasteiger partial charge in [-0.05, 0) is 24.5 Å². The minimum absolute atomic E-state index is 0.000591. The van der Waals surface area contributed by atoms with Gasteiger partial charge in [-0.1, -0.05) is 26.0 Å². The second-order valence-electron chi connectivity index (χ2n) is 5.33. The topological polar surface area (TPSA) is 92.4 Å². The molecule has 0 saturated carbocycles. The number of hydrogen-bond acceptors (Lipinski definition) is 5. The van der Waals surface area contributed by atoms with Crippen molar-refractivity contribution in [2.45, 2.75) is 31.2 Å². The zero-order valence-corrected chi connectivity index (χ0v) is 14.1. The number of rotatable bonds is 9. The van der Waals surface area contributed by atoms with Crippen molar-refractivity contribution in [3.05, 3.63) is 24.3 Å². The van der Waals surface area contributed by atoms with E-state index in [1.165, 1.54) is 11.8 Å². The Hall–Kier alpha value is -0.760. The monoisotopic (exact) mass is 332 g/mol. The molecule has 1 unspecified atom stereocenters. The summed E-state index contributed by atoms with van der Waals surface area (Å²) in [6, 6.07) is 6.96. The number of nitrogen functional groups attached to an aromatic ring is 1. The number of nitrogens with one attached hydrogen (secondary N) is 1. The van der Waals surface area contributed by atoms with Crippen LogP contribution in [-0.2, 0) is 10.0 Å². The van der Waals surface area contributed by atoms with Crippen LogP contribution in [0.25, 0.3) is 0 Å². The Morgan fingerprint density at radius 2 is 2.00 bits per heavy atom. The largest absolute Gasteiger partial charge is 0.398 e. The van der Waals surface area contributed by atoms with Crippen LogP contribution in [0.4, 0.5) is 5.69 Å². The van der Waals surface area contributed by atoms with Crippen molar-refractivity contribution in [2.24, 2.45) is 5.92 Å². The van der Waals surface area contributed by atoms with Gasteiger partial charge in [-0.15, -0.1) is 11.8 Å². The van der Waals surface area contributed by atoms with Crippen LogP contribution in [0.5, 0.6) is 0 Å². The number of aliphatic hydroxyl groups is 1. The third-order valence-electron chi connectivity index (χ3n) is 2.85. The van der Waals surface area contributed by atoms with E-state index >= 15 is 0 Å². The summed E-state index contributed by atoms with van der Waals surface area (Å²) in [6.45, 7) is 3.80. The van der Waals surface area contributed by atoms with Crippen molar-refractivity contribution in [2.75, 3.05) is 23.8 Å². The van der Waals surface area contributed by atoms with E-state index in [4.69, 9.17) is 5.73 Å². The van der Waals surface area contributed by atoms with E-state index in [0.29, 0.717) is 23.8 Å². The maximum Gasteiger partial charge on any atom is 0.212 e. The molecule has 1 aromatic rings. The second kappa shape index (κ2) is 8.63. The van der Waals surface area contributed by atoms with Crippen LogP contribution >= 0.6 is 11.8 Å². The van der Waals surface area contributed by atoms with Gasteiger partial charge in [0, 0.05) is 22.4 Å². The molecule has 0 spiro atoms. The van der Waals surface area contributed by atoms with Crippen LogP contribution in [0.15, 0.2) is 29.2 Å². The van der Waals surface area contributed by atoms with E-state index in [2.05, 4.69) is 4.72 Å². The summed E-state index contributed by atoms with van der Waals surface area (Å²) in [5, 5.41) is 9.23. The lowest BCUT2D eigenvalue weighted by molar-refractivity contribution is 0.240. The first-order valence-electron chi connectivity index (χ1n) is 6.92. The average Bonchev–Trinajstić information content (AvgIpc) is 2.39. The maximum absolute atomic E-state index is 12.0. The second-order valence-corrected chi connectivity index (χ2v) is 8.34. The summed E-state index contributed by atoms with van der Waals surface area (Å²) in [4.78, 5) is 0.883. The molecule has 0 aliphatic carbocycles. The zero-order chi connectivity index (χ0) is 15.9. The van der Waals surface area contributed by atoms with Crippen LogP contribution in [-0.4, -0.2) is 37.7 Å². The minimum Gasteiger partial charge on any atom is -0.398 e. The van der Waals surface area contributed by atoms with E-state index in [9.17, 15) is 13.5 Å². The molecule has 120 valence electrons. The summed E-state index contributed by atoms with van der Waals surface area (Å²) in [6.07, 6.45) is 0.620. The summed E-state index contributed by atoms with van der Waals surface area (Å²) in [5.41, 5.74) is 6.46. The van der Waals surface area contributed by atoms with E-state index in [0.717, 1.165) is 4.90 Å². The molecule has 5 nitrogen and oxygen atoms in total. The first-order valence-corrected chi connectivity index (χ1v) is 9.56. The molecule has 0 amide bonds. The molecule has 0 saturated heterocycles. The molecule has 4 N–H and O–H groups in total. The van der Waals surface area contributed by atoms with Gasteiger partial charge >= 0.3 is 0 Å². The van der Waals surface area contributed by atoms with E-state index < -0.39 is 16.1 Å². The van der Waals surface area contributed by atoms with Crippen molar-refractivity contribution in [3.63, 3.8) is 0 Å². The Kier molecular flexibility index (Phi) is 7.51. The van der Waals surface area contributed by atoms with E-state index in [1.54, 1.807) is 6.07 Å². The lowest BCUT2D eigenvalue weighted by Crippen LogP contribution is -2.40. The molecule has 1 atom stereocenters. The predicted molar refractivity (Wildman–Crippen MR) is 88.8 cm³/mol. The molecule has 0 fully saturated rings. The highest BCUT2D eigenvalue weighted by atomic mass is 32.2. The van der Waals surface area contributed by atoms with Crippen LogP contribution in [0, 0.1) is 5.92 Å². The van der Waals surface area contributed by atoms with Gasteiger partial charge in [0.05, 0.1) is 12.4 Å². The minimum atomic E-state index is -3.39. The Bertz CT molecular complexity index is 533. The molecule has 0 heterocycles. The molecular weight excluding hydrogens is 308 g/mol. The Morgan fingerprint density at radius 3 is 2.57 bits per heavy atom. The molecule has 0 aliphatic heterocycles. The molecule has 0 radical (unpaired) electrons. The third-order valence-corrected chi connectivity index (χ3v) is 5.63. The van der Waals surface area contributed by atoms with Gasteiger partial charge in [-0.3, -0.25) is 0 Å². The molecule has 7 heteroatoms. The molecule has 0 aromatic heterocycles. The number of para-hydroxylation sites is 1. The number of nitrogens with two attached hydrogens (primary N) is 1. The SMILES string of the molecule is CC(C)CC(CO)NS(=O)(=O)CCSc1ccccc1N. The number of anilines is 1. The third kappa shape index (κ3) is 7.17. The first-order chi connectivity index (χ1) is 9.84. The maximum atomic E-state index is 12.0. The first kappa shape index (κ1) is 18.3. The molecule has 0 bridgehead atoms. The lowest BCUT2D eigenvalue weighted by Gasteiger charge is -2.18. The fourth-order valence-corrected chi connectivity index (χ4v) is 4.55. The smallest absolute Gasteiger partial charge is 0.212 e. The van der Waals surface area contributed by atoms with Crippen molar-refractivity contribution < 1.29 is 13.5 Å². The van der Waals surface area contributed by atoms with Gasteiger partial charge in [0.2, 0.25) is 10.0 Å². The van der Waals surface area contributed by atoms with Crippen molar-refractivity contribution in [1.29, 1.82) is 0 Å².